The number of methoxy groups -OCH3 is 2. The zero-order valence-electron chi connectivity index (χ0n) is 18.1. The van der Waals surface area contributed by atoms with E-state index in [1.54, 1.807) is 11.8 Å². The second-order valence-electron chi connectivity index (χ2n) is 7.94. The molecule has 3 aromatic carbocycles. The smallest absolute Gasteiger partial charge is 0.200 e. The summed E-state index contributed by atoms with van der Waals surface area (Å²) in [6.07, 6.45) is 0. The maximum absolute atomic E-state index is 14.4. The first-order valence-electron chi connectivity index (χ1n) is 9.55. The molecular weight excluding hydrogens is 447 g/mol. The number of ether oxygens (including phenoxy) is 2. The van der Waals surface area contributed by atoms with Crippen molar-refractivity contribution in [1.29, 1.82) is 0 Å². The predicted octanol–water partition coefficient (Wildman–Crippen LogP) is 7.62. The number of rotatable bonds is 5. The molecule has 0 spiro atoms. The Morgan fingerprint density at radius 2 is 1.09 bits per heavy atom. The summed E-state index contributed by atoms with van der Waals surface area (Å²) in [5.41, 5.74) is -0.146. The summed E-state index contributed by atoms with van der Waals surface area (Å²) in [6.45, 7) is 6.28. The van der Waals surface area contributed by atoms with Crippen LogP contribution >= 0.6 is 11.8 Å². The molecule has 0 bridgehead atoms. The van der Waals surface area contributed by atoms with Crippen molar-refractivity contribution in [3.05, 3.63) is 65.5 Å². The molecule has 0 radical (unpaired) electrons. The summed E-state index contributed by atoms with van der Waals surface area (Å²) in [5.74, 6) is -10.1. The molecule has 3 aromatic rings. The third kappa shape index (κ3) is 4.55. The van der Waals surface area contributed by atoms with Gasteiger partial charge in [0.1, 0.15) is 11.5 Å². The Bertz CT molecular complexity index is 1130. The van der Waals surface area contributed by atoms with Crippen molar-refractivity contribution >= 4 is 11.8 Å². The Kier molecular flexibility index (Phi) is 6.74. The van der Waals surface area contributed by atoms with Gasteiger partial charge in [-0.05, 0) is 29.8 Å². The van der Waals surface area contributed by atoms with E-state index in [0.717, 1.165) is 10.5 Å². The maximum Gasteiger partial charge on any atom is 0.200 e. The molecule has 170 valence electrons. The van der Waals surface area contributed by atoms with Crippen molar-refractivity contribution in [1.82, 2.24) is 0 Å². The van der Waals surface area contributed by atoms with Crippen LogP contribution in [-0.2, 0) is 0 Å². The Hall–Kier alpha value is -2.74. The van der Waals surface area contributed by atoms with Gasteiger partial charge in [-0.25, -0.2) is 22.0 Å². The van der Waals surface area contributed by atoms with Crippen LogP contribution in [-0.4, -0.2) is 19.0 Å². The highest BCUT2D eigenvalue weighted by Crippen LogP contribution is 2.44. The fourth-order valence-corrected chi connectivity index (χ4v) is 4.20. The lowest BCUT2D eigenvalue weighted by Gasteiger charge is -2.19. The summed E-state index contributed by atoms with van der Waals surface area (Å²) in [7, 11) is 2.58. The molecule has 0 saturated heterocycles. The lowest BCUT2D eigenvalue weighted by molar-refractivity contribution is 0.379. The molecule has 0 amide bonds. The fourth-order valence-electron chi connectivity index (χ4n) is 3.22. The van der Waals surface area contributed by atoms with Crippen molar-refractivity contribution in [3.8, 4) is 33.8 Å². The topological polar surface area (TPSA) is 18.5 Å². The molecule has 0 aromatic heterocycles. The molecule has 2 nitrogen and oxygen atoms in total. The van der Waals surface area contributed by atoms with Crippen molar-refractivity contribution in [2.24, 2.45) is 0 Å². The average Bonchev–Trinajstić information content (AvgIpc) is 2.75. The third-order valence-corrected chi connectivity index (χ3v) is 5.71. The van der Waals surface area contributed by atoms with E-state index in [0.29, 0.717) is 5.56 Å². The first-order chi connectivity index (χ1) is 15.0. The first-order valence-corrected chi connectivity index (χ1v) is 10.4. The fraction of sp³-hybridized carbons (Fsp3) is 0.250. The van der Waals surface area contributed by atoms with Gasteiger partial charge in [0.25, 0.3) is 0 Å². The Morgan fingerprint density at radius 1 is 0.656 bits per heavy atom. The highest BCUT2D eigenvalue weighted by atomic mass is 32.2. The molecular formula is C24H21F5O2S. The molecule has 0 aliphatic heterocycles. The minimum absolute atomic E-state index is 0.0257. The first kappa shape index (κ1) is 23.9. The summed E-state index contributed by atoms with van der Waals surface area (Å²) in [5, 5.41) is 0. The van der Waals surface area contributed by atoms with Gasteiger partial charge in [-0.1, -0.05) is 32.9 Å². The van der Waals surface area contributed by atoms with Crippen molar-refractivity contribution < 1.29 is 31.4 Å². The molecule has 3 rings (SSSR count). The van der Waals surface area contributed by atoms with E-state index < -0.39 is 34.6 Å². The van der Waals surface area contributed by atoms with E-state index in [4.69, 9.17) is 9.47 Å². The molecule has 0 saturated carbocycles. The molecule has 32 heavy (non-hydrogen) atoms. The minimum atomic E-state index is -2.22. The third-order valence-electron chi connectivity index (χ3n) is 4.59. The van der Waals surface area contributed by atoms with E-state index in [9.17, 15) is 22.0 Å². The molecule has 0 heterocycles. The van der Waals surface area contributed by atoms with Gasteiger partial charge in [-0.3, -0.25) is 0 Å². The van der Waals surface area contributed by atoms with Crippen LogP contribution < -0.4 is 9.47 Å². The van der Waals surface area contributed by atoms with Crippen LogP contribution in [0.3, 0.4) is 0 Å². The van der Waals surface area contributed by atoms with Crippen LogP contribution in [0.1, 0.15) is 20.8 Å². The van der Waals surface area contributed by atoms with Crippen LogP contribution in [0.4, 0.5) is 22.0 Å². The van der Waals surface area contributed by atoms with Crippen LogP contribution in [0.25, 0.3) is 22.3 Å². The van der Waals surface area contributed by atoms with Gasteiger partial charge in [-0.2, -0.15) is 0 Å². The van der Waals surface area contributed by atoms with Gasteiger partial charge in [0.2, 0.25) is 5.82 Å². The zero-order valence-corrected chi connectivity index (χ0v) is 18.9. The minimum Gasteiger partial charge on any atom is -0.496 e. The molecule has 0 unspecified atom stereocenters. The number of benzene rings is 3. The molecule has 8 heteroatoms. The summed E-state index contributed by atoms with van der Waals surface area (Å²) in [4.78, 5) is 1.05. The Labute approximate surface area is 187 Å². The zero-order chi connectivity index (χ0) is 23.8. The van der Waals surface area contributed by atoms with Crippen LogP contribution in [0.2, 0.25) is 0 Å². The molecule has 0 atom stereocenters. The van der Waals surface area contributed by atoms with Gasteiger partial charge in [0.15, 0.2) is 23.3 Å². The van der Waals surface area contributed by atoms with E-state index in [1.165, 1.54) is 26.4 Å². The summed E-state index contributed by atoms with van der Waals surface area (Å²) < 4.78 is 80.5. The van der Waals surface area contributed by atoms with Gasteiger partial charge in [0.05, 0.1) is 19.8 Å². The lowest BCUT2D eigenvalue weighted by Crippen LogP contribution is -2.06. The Balaban J connectivity index is 2.17. The van der Waals surface area contributed by atoms with Crippen LogP contribution in [0.5, 0.6) is 11.5 Å². The summed E-state index contributed by atoms with van der Waals surface area (Å²) in [6, 6.07) is 10.2. The monoisotopic (exact) mass is 468 g/mol. The molecule has 0 aliphatic rings. The second kappa shape index (κ2) is 9.02. The van der Waals surface area contributed by atoms with E-state index >= 15 is 0 Å². The van der Waals surface area contributed by atoms with Gasteiger partial charge in [-0.15, -0.1) is 11.8 Å². The predicted molar refractivity (Wildman–Crippen MR) is 116 cm³/mol. The molecule has 0 N–H and O–H groups in total. The maximum atomic E-state index is 14.4. The largest absolute Gasteiger partial charge is 0.496 e. The van der Waals surface area contributed by atoms with Crippen molar-refractivity contribution in [2.75, 3.05) is 14.2 Å². The molecule has 0 fully saturated rings. The normalized spacial score (nSPS) is 11.6. The summed E-state index contributed by atoms with van der Waals surface area (Å²) >= 11 is 1.69. The van der Waals surface area contributed by atoms with Gasteiger partial charge < -0.3 is 9.47 Å². The quantitative estimate of drug-likeness (QED) is 0.166. The highest BCUT2D eigenvalue weighted by Gasteiger charge is 2.29. The van der Waals surface area contributed by atoms with E-state index in [1.807, 2.05) is 24.3 Å². The number of hydrogen-bond acceptors (Lipinski definition) is 3. The Morgan fingerprint density at radius 3 is 1.56 bits per heavy atom. The lowest BCUT2D eigenvalue weighted by atomic mass is 9.96. The van der Waals surface area contributed by atoms with E-state index in [-0.39, 0.29) is 21.8 Å². The number of thioether (sulfide) groups is 1. The van der Waals surface area contributed by atoms with Gasteiger partial charge >= 0.3 is 0 Å². The molecule has 0 aliphatic carbocycles. The number of hydrogen-bond donors (Lipinski definition) is 0. The average molecular weight is 468 g/mol. The number of halogens is 5. The van der Waals surface area contributed by atoms with Gasteiger partial charge in [0, 0.05) is 20.8 Å². The van der Waals surface area contributed by atoms with E-state index in [2.05, 4.69) is 20.8 Å². The van der Waals surface area contributed by atoms with Crippen molar-refractivity contribution in [2.45, 2.75) is 30.4 Å². The van der Waals surface area contributed by atoms with Crippen LogP contribution in [0.15, 0.2) is 41.3 Å². The SMILES string of the molecule is COc1cc(-c2c(F)c(F)c(F)c(F)c2F)c(OC)cc1-c1ccc(SC(C)(C)C)cc1. The van der Waals surface area contributed by atoms with Crippen molar-refractivity contribution in [3.63, 3.8) is 0 Å². The highest BCUT2D eigenvalue weighted by molar-refractivity contribution is 8.00. The standard InChI is InChI=1S/C24H21F5O2S/c1-24(2,3)32-13-8-6-12(7-9-13)14-10-17(31-5)15(11-16(14)30-4)18-19(25)21(27)23(29)22(28)20(18)26/h6-11H,1-5H3. The van der Waals surface area contributed by atoms with Crippen LogP contribution in [0, 0.1) is 29.1 Å². The second-order valence-corrected chi connectivity index (χ2v) is 9.84.